The van der Waals surface area contributed by atoms with Crippen LogP contribution in [-0.2, 0) is 22.2 Å². The van der Waals surface area contributed by atoms with Gasteiger partial charge in [-0.2, -0.15) is 13.2 Å². The minimum atomic E-state index is -4.29. The summed E-state index contributed by atoms with van der Waals surface area (Å²) >= 11 is 0. The van der Waals surface area contributed by atoms with Crippen LogP contribution in [0.1, 0.15) is 17.5 Å². The van der Waals surface area contributed by atoms with Crippen LogP contribution in [0.25, 0.3) is 0 Å². The quantitative estimate of drug-likeness (QED) is 0.710. The fourth-order valence-electron chi connectivity index (χ4n) is 1.64. The number of ether oxygens (including phenoxy) is 2. The van der Waals surface area contributed by atoms with Crippen LogP contribution < -0.4 is 5.32 Å². The lowest BCUT2D eigenvalue weighted by Crippen LogP contribution is -2.20. The maximum atomic E-state index is 12.5. The zero-order valence-electron chi connectivity index (χ0n) is 11.5. The first-order valence-electron chi connectivity index (χ1n) is 6.47. The second-order valence-electron chi connectivity index (χ2n) is 4.33. The molecule has 0 saturated carbocycles. The van der Waals surface area contributed by atoms with Gasteiger partial charge >= 0.3 is 6.18 Å². The lowest BCUT2D eigenvalue weighted by Gasteiger charge is -2.09. The van der Waals surface area contributed by atoms with E-state index < -0.39 is 11.7 Å². The van der Waals surface area contributed by atoms with Crippen molar-refractivity contribution in [1.29, 1.82) is 0 Å². The number of methoxy groups -OCH3 is 1. The van der Waals surface area contributed by atoms with Gasteiger partial charge in [-0.15, -0.1) is 0 Å². The number of benzene rings is 1. The molecule has 20 heavy (non-hydrogen) atoms. The first kappa shape index (κ1) is 16.9. The minimum absolute atomic E-state index is 0.394. The molecule has 0 aliphatic rings. The molecule has 114 valence electrons. The highest BCUT2D eigenvalue weighted by Crippen LogP contribution is 2.29. The van der Waals surface area contributed by atoms with Gasteiger partial charge in [-0.1, -0.05) is 18.2 Å². The standard InChI is InChI=1S/C14H20F3NO2/c1-19-7-3-8-20-9-6-18-11-12-4-2-5-13(10-12)14(15,16)17/h2,4-5,10,18H,3,6-9,11H2,1H3. The molecule has 0 aliphatic heterocycles. The number of rotatable bonds is 9. The van der Waals surface area contributed by atoms with Crippen LogP contribution in [0.5, 0.6) is 0 Å². The predicted molar refractivity (Wildman–Crippen MR) is 70.5 cm³/mol. The molecule has 0 saturated heterocycles. The molecule has 6 heteroatoms. The van der Waals surface area contributed by atoms with Gasteiger partial charge in [0.2, 0.25) is 0 Å². The van der Waals surface area contributed by atoms with Crippen LogP contribution in [0.4, 0.5) is 13.2 Å². The van der Waals surface area contributed by atoms with Gasteiger partial charge in [0.05, 0.1) is 12.2 Å². The molecule has 0 radical (unpaired) electrons. The number of nitrogens with one attached hydrogen (secondary N) is 1. The van der Waals surface area contributed by atoms with Gasteiger partial charge in [-0.05, 0) is 18.1 Å². The third-order valence-corrected chi connectivity index (χ3v) is 2.64. The minimum Gasteiger partial charge on any atom is -0.385 e. The molecule has 0 unspecified atom stereocenters. The zero-order valence-corrected chi connectivity index (χ0v) is 11.5. The van der Waals surface area contributed by atoms with E-state index in [4.69, 9.17) is 9.47 Å². The van der Waals surface area contributed by atoms with Crippen molar-refractivity contribution in [3.63, 3.8) is 0 Å². The second-order valence-corrected chi connectivity index (χ2v) is 4.33. The Labute approximate surface area is 117 Å². The maximum absolute atomic E-state index is 12.5. The first-order valence-corrected chi connectivity index (χ1v) is 6.47. The van der Waals surface area contributed by atoms with Crippen LogP contribution in [0.2, 0.25) is 0 Å². The highest BCUT2D eigenvalue weighted by molar-refractivity contribution is 5.25. The third kappa shape index (κ3) is 6.88. The second kappa shape index (κ2) is 8.94. The monoisotopic (exact) mass is 291 g/mol. The van der Waals surface area contributed by atoms with Gasteiger partial charge in [-0.3, -0.25) is 0 Å². The summed E-state index contributed by atoms with van der Waals surface area (Å²) in [4.78, 5) is 0. The summed E-state index contributed by atoms with van der Waals surface area (Å²) in [5.74, 6) is 0. The van der Waals surface area contributed by atoms with Crippen molar-refractivity contribution >= 4 is 0 Å². The van der Waals surface area contributed by atoms with Crippen molar-refractivity contribution in [3.8, 4) is 0 Å². The molecule has 0 spiro atoms. The van der Waals surface area contributed by atoms with Crippen molar-refractivity contribution < 1.29 is 22.6 Å². The van der Waals surface area contributed by atoms with E-state index in [1.165, 1.54) is 6.07 Å². The van der Waals surface area contributed by atoms with Gasteiger partial charge in [0.15, 0.2) is 0 Å². The van der Waals surface area contributed by atoms with E-state index in [9.17, 15) is 13.2 Å². The van der Waals surface area contributed by atoms with Crippen molar-refractivity contribution in [2.75, 3.05) is 33.5 Å². The molecule has 0 aromatic heterocycles. The van der Waals surface area contributed by atoms with Gasteiger partial charge in [0.1, 0.15) is 0 Å². The highest BCUT2D eigenvalue weighted by Gasteiger charge is 2.30. The van der Waals surface area contributed by atoms with E-state index in [2.05, 4.69) is 5.32 Å². The molecule has 0 fully saturated rings. The van der Waals surface area contributed by atoms with Gasteiger partial charge in [0.25, 0.3) is 0 Å². The van der Waals surface area contributed by atoms with Crippen molar-refractivity contribution in [2.45, 2.75) is 19.1 Å². The van der Waals surface area contributed by atoms with E-state index >= 15 is 0 Å². The molecule has 1 rings (SSSR count). The molecule has 1 aromatic rings. The normalized spacial score (nSPS) is 11.8. The molecule has 0 bridgehead atoms. The number of halogens is 3. The Kier molecular flexibility index (Phi) is 7.58. The van der Waals surface area contributed by atoms with Crippen molar-refractivity contribution in [1.82, 2.24) is 5.32 Å². The Morgan fingerprint density at radius 1 is 1.15 bits per heavy atom. The summed E-state index contributed by atoms with van der Waals surface area (Å²) in [6.45, 7) is 2.81. The molecule has 0 aliphatic carbocycles. The van der Waals surface area contributed by atoms with E-state index in [1.54, 1.807) is 13.2 Å². The highest BCUT2D eigenvalue weighted by atomic mass is 19.4. The molecular weight excluding hydrogens is 271 g/mol. The number of hydrogen-bond donors (Lipinski definition) is 1. The largest absolute Gasteiger partial charge is 0.416 e. The van der Waals surface area contributed by atoms with Crippen molar-refractivity contribution in [3.05, 3.63) is 35.4 Å². The third-order valence-electron chi connectivity index (χ3n) is 2.64. The van der Waals surface area contributed by atoms with Crippen LogP contribution in [0, 0.1) is 0 Å². The van der Waals surface area contributed by atoms with Gasteiger partial charge in [-0.25, -0.2) is 0 Å². The Morgan fingerprint density at radius 3 is 2.65 bits per heavy atom. The summed E-state index contributed by atoms with van der Waals surface area (Å²) < 4.78 is 47.7. The number of alkyl halides is 3. The topological polar surface area (TPSA) is 30.5 Å². The van der Waals surface area contributed by atoms with E-state index in [0.717, 1.165) is 18.6 Å². The van der Waals surface area contributed by atoms with Crippen LogP contribution in [0.15, 0.2) is 24.3 Å². The Hall–Kier alpha value is -1.11. The summed E-state index contributed by atoms with van der Waals surface area (Å²) in [6, 6.07) is 5.32. The van der Waals surface area contributed by atoms with Gasteiger partial charge < -0.3 is 14.8 Å². The summed E-state index contributed by atoms with van der Waals surface area (Å²) in [6.07, 6.45) is -3.45. The molecule has 3 nitrogen and oxygen atoms in total. The van der Waals surface area contributed by atoms with E-state index in [1.807, 2.05) is 0 Å². The Morgan fingerprint density at radius 2 is 1.95 bits per heavy atom. The smallest absolute Gasteiger partial charge is 0.385 e. The summed E-state index contributed by atoms with van der Waals surface area (Å²) in [5.41, 5.74) is -0.00757. The number of hydrogen-bond acceptors (Lipinski definition) is 3. The Balaban J connectivity index is 2.19. The first-order chi connectivity index (χ1) is 9.54. The summed E-state index contributed by atoms with van der Waals surface area (Å²) in [5, 5.41) is 3.05. The zero-order chi connectivity index (χ0) is 14.8. The summed E-state index contributed by atoms with van der Waals surface area (Å²) in [7, 11) is 1.64. The molecule has 1 N–H and O–H groups in total. The molecule has 0 heterocycles. The van der Waals surface area contributed by atoms with Crippen molar-refractivity contribution in [2.24, 2.45) is 0 Å². The maximum Gasteiger partial charge on any atom is 0.416 e. The fourth-order valence-corrected chi connectivity index (χ4v) is 1.64. The van der Waals surface area contributed by atoms with Crippen LogP contribution in [-0.4, -0.2) is 33.5 Å². The van der Waals surface area contributed by atoms with E-state index in [0.29, 0.717) is 38.5 Å². The van der Waals surface area contributed by atoms with Crippen LogP contribution >= 0.6 is 0 Å². The van der Waals surface area contributed by atoms with Gasteiger partial charge in [0, 0.05) is 33.4 Å². The molecule has 1 aromatic carbocycles. The Bertz CT molecular complexity index is 383. The molecular formula is C14H20F3NO2. The van der Waals surface area contributed by atoms with Crippen LogP contribution in [0.3, 0.4) is 0 Å². The SMILES string of the molecule is COCCCOCCNCc1cccc(C(F)(F)F)c1. The van der Waals surface area contributed by atoms with E-state index in [-0.39, 0.29) is 0 Å². The molecule has 0 atom stereocenters. The molecule has 0 amide bonds. The predicted octanol–water partition coefficient (Wildman–Crippen LogP) is 2.85. The average molecular weight is 291 g/mol. The fraction of sp³-hybridized carbons (Fsp3) is 0.571. The lowest BCUT2D eigenvalue weighted by molar-refractivity contribution is -0.137. The lowest BCUT2D eigenvalue weighted by atomic mass is 10.1. The average Bonchev–Trinajstić information content (AvgIpc) is 2.41.